The van der Waals surface area contributed by atoms with Crippen LogP contribution in [0.2, 0.25) is 15.1 Å². The Bertz CT molecular complexity index is 1270. The Kier molecular flexibility index (Phi) is 10.1. The number of hydrogen-bond acceptors (Lipinski definition) is 3. The fourth-order valence-electron chi connectivity index (χ4n) is 4.06. The molecule has 202 valence electrons. The molecule has 5 nitrogen and oxygen atoms in total. The van der Waals surface area contributed by atoms with Crippen LogP contribution in [0.25, 0.3) is 0 Å². The maximum absolute atomic E-state index is 13.7. The Hall–Kier alpha value is -2.73. The zero-order valence-electron chi connectivity index (χ0n) is 22.3. The van der Waals surface area contributed by atoms with Crippen LogP contribution in [-0.4, -0.2) is 34.9 Å². The van der Waals surface area contributed by atoms with Crippen molar-refractivity contribution in [3.05, 3.63) is 98.0 Å². The van der Waals surface area contributed by atoms with Crippen LogP contribution >= 0.6 is 34.8 Å². The van der Waals surface area contributed by atoms with Gasteiger partial charge >= 0.3 is 0 Å². The van der Waals surface area contributed by atoms with Crippen LogP contribution in [0.3, 0.4) is 0 Å². The predicted molar refractivity (Wildman–Crippen MR) is 155 cm³/mol. The highest BCUT2D eigenvalue weighted by molar-refractivity contribution is 6.42. The van der Waals surface area contributed by atoms with E-state index in [4.69, 9.17) is 39.5 Å². The molecule has 0 aromatic heterocycles. The van der Waals surface area contributed by atoms with E-state index in [0.717, 1.165) is 22.3 Å². The summed E-state index contributed by atoms with van der Waals surface area (Å²) < 4.78 is 5.90. The van der Waals surface area contributed by atoms with Gasteiger partial charge in [0, 0.05) is 23.5 Å². The maximum Gasteiger partial charge on any atom is 0.261 e. The van der Waals surface area contributed by atoms with Gasteiger partial charge in [-0.2, -0.15) is 0 Å². The van der Waals surface area contributed by atoms with Gasteiger partial charge in [0.15, 0.2) is 6.61 Å². The molecule has 3 aromatic carbocycles. The second kappa shape index (κ2) is 12.9. The minimum absolute atomic E-state index is 0.146. The molecule has 0 fully saturated rings. The summed E-state index contributed by atoms with van der Waals surface area (Å²) in [7, 11) is 0. The molecule has 0 radical (unpaired) electrons. The van der Waals surface area contributed by atoms with Crippen LogP contribution < -0.4 is 10.1 Å². The molecule has 3 rings (SSSR count). The van der Waals surface area contributed by atoms with Crippen molar-refractivity contribution in [3.8, 4) is 5.75 Å². The van der Waals surface area contributed by atoms with Crippen molar-refractivity contribution in [1.82, 2.24) is 10.2 Å². The molecule has 0 bridgehead atoms. The lowest BCUT2D eigenvalue weighted by Crippen LogP contribution is -2.55. The number of nitrogens with one attached hydrogen (secondary N) is 1. The molecule has 1 atom stereocenters. The third-order valence-corrected chi connectivity index (χ3v) is 7.21. The molecule has 0 heterocycles. The molecule has 0 spiro atoms. The molecule has 8 heteroatoms. The lowest BCUT2D eigenvalue weighted by Gasteiger charge is -2.33. The van der Waals surface area contributed by atoms with E-state index in [0.29, 0.717) is 27.2 Å². The third-order valence-electron chi connectivity index (χ3n) is 5.88. The van der Waals surface area contributed by atoms with Gasteiger partial charge in [-0.3, -0.25) is 9.59 Å². The van der Waals surface area contributed by atoms with Gasteiger partial charge in [0.1, 0.15) is 11.8 Å². The normalized spacial score (nSPS) is 12.1. The molecular weight excluding hydrogens is 543 g/mol. The van der Waals surface area contributed by atoms with Crippen molar-refractivity contribution in [1.29, 1.82) is 0 Å². The first-order valence-electron chi connectivity index (χ1n) is 12.3. The molecule has 0 aliphatic rings. The van der Waals surface area contributed by atoms with Crippen LogP contribution in [0.15, 0.2) is 60.7 Å². The summed E-state index contributed by atoms with van der Waals surface area (Å²) in [6.45, 7) is 9.38. The Morgan fingerprint density at radius 2 is 1.53 bits per heavy atom. The molecule has 0 saturated carbocycles. The summed E-state index contributed by atoms with van der Waals surface area (Å²) in [4.78, 5) is 28.9. The van der Waals surface area contributed by atoms with E-state index in [-0.39, 0.29) is 25.0 Å². The fourth-order valence-corrected chi connectivity index (χ4v) is 4.49. The molecule has 2 amide bonds. The third kappa shape index (κ3) is 8.39. The number of aryl methyl sites for hydroxylation is 2. The number of amides is 2. The van der Waals surface area contributed by atoms with Gasteiger partial charge in [-0.15, -0.1) is 0 Å². The van der Waals surface area contributed by atoms with Gasteiger partial charge in [0.25, 0.3) is 5.91 Å². The molecular formula is C30H33Cl3N2O3. The largest absolute Gasteiger partial charge is 0.484 e. The summed E-state index contributed by atoms with van der Waals surface area (Å²) in [6.07, 6.45) is 0.328. The number of benzene rings is 3. The van der Waals surface area contributed by atoms with Crippen molar-refractivity contribution in [2.24, 2.45) is 0 Å². The predicted octanol–water partition coefficient (Wildman–Crippen LogP) is 7.20. The van der Waals surface area contributed by atoms with Crippen molar-refractivity contribution in [2.45, 2.75) is 59.2 Å². The Balaban J connectivity index is 1.96. The average Bonchev–Trinajstić information content (AvgIpc) is 2.84. The van der Waals surface area contributed by atoms with E-state index in [1.165, 1.54) is 0 Å². The summed E-state index contributed by atoms with van der Waals surface area (Å²) in [5, 5.41) is 4.49. The van der Waals surface area contributed by atoms with Crippen LogP contribution in [0.5, 0.6) is 5.75 Å². The number of nitrogens with zero attached hydrogens (tertiary/aromatic N) is 1. The topological polar surface area (TPSA) is 58.6 Å². The minimum Gasteiger partial charge on any atom is -0.484 e. The SMILES string of the molecule is Cc1cc(OCC(=O)N(Cc2ccc(Cl)c(Cl)c2)C(Cc2ccccc2)C(=O)NC(C)(C)C)cc(C)c1Cl. The average molecular weight is 576 g/mol. The molecule has 3 aromatic rings. The van der Waals surface area contributed by atoms with Gasteiger partial charge in [-0.05, 0) is 81.1 Å². The maximum atomic E-state index is 13.7. The summed E-state index contributed by atoms with van der Waals surface area (Å²) in [5.41, 5.74) is 2.90. The lowest BCUT2D eigenvalue weighted by molar-refractivity contribution is -0.143. The van der Waals surface area contributed by atoms with E-state index in [1.807, 2.05) is 65.0 Å². The minimum atomic E-state index is -0.795. The first-order chi connectivity index (χ1) is 17.8. The van der Waals surface area contributed by atoms with Gasteiger partial charge < -0.3 is 15.0 Å². The quantitative estimate of drug-likeness (QED) is 0.294. The van der Waals surface area contributed by atoms with E-state index >= 15 is 0 Å². The first kappa shape index (κ1) is 29.8. The first-order valence-corrected chi connectivity index (χ1v) is 13.5. The lowest BCUT2D eigenvalue weighted by atomic mass is 10.0. The van der Waals surface area contributed by atoms with E-state index in [1.54, 1.807) is 35.2 Å². The second-order valence-corrected chi connectivity index (χ2v) is 11.6. The Morgan fingerprint density at radius 3 is 2.11 bits per heavy atom. The van der Waals surface area contributed by atoms with Crippen molar-refractivity contribution in [3.63, 3.8) is 0 Å². The number of carbonyl (C=O) groups excluding carboxylic acids is 2. The highest BCUT2D eigenvalue weighted by Gasteiger charge is 2.32. The smallest absolute Gasteiger partial charge is 0.261 e. The van der Waals surface area contributed by atoms with Crippen molar-refractivity contribution in [2.75, 3.05) is 6.61 Å². The molecule has 0 saturated heterocycles. The number of ether oxygens (including phenoxy) is 1. The fraction of sp³-hybridized carbons (Fsp3) is 0.333. The molecule has 0 aliphatic carbocycles. The Labute approximate surface area is 240 Å². The molecule has 38 heavy (non-hydrogen) atoms. The highest BCUT2D eigenvalue weighted by Crippen LogP contribution is 2.27. The van der Waals surface area contributed by atoms with E-state index in [9.17, 15) is 9.59 Å². The monoisotopic (exact) mass is 574 g/mol. The van der Waals surface area contributed by atoms with E-state index < -0.39 is 11.6 Å². The van der Waals surface area contributed by atoms with Crippen molar-refractivity contribution < 1.29 is 14.3 Å². The van der Waals surface area contributed by atoms with Crippen molar-refractivity contribution >= 4 is 46.6 Å². The molecule has 1 unspecified atom stereocenters. The number of halogens is 3. The van der Waals surface area contributed by atoms with Crippen LogP contribution in [0, 0.1) is 13.8 Å². The Morgan fingerprint density at radius 1 is 0.895 bits per heavy atom. The summed E-state index contributed by atoms with van der Waals surface area (Å²) in [5.74, 6) is -0.0646. The number of carbonyl (C=O) groups is 2. The molecule has 1 N–H and O–H groups in total. The van der Waals surface area contributed by atoms with Gasteiger partial charge in [0.05, 0.1) is 10.0 Å². The number of hydrogen-bond donors (Lipinski definition) is 1. The highest BCUT2D eigenvalue weighted by atomic mass is 35.5. The van der Waals surface area contributed by atoms with Crippen LogP contribution in [-0.2, 0) is 22.6 Å². The van der Waals surface area contributed by atoms with E-state index in [2.05, 4.69) is 5.32 Å². The standard InChI is InChI=1S/C30H33Cl3N2O3/c1-19-13-23(14-20(2)28(19)33)38-18-27(36)35(17-22-11-12-24(31)25(32)15-22)26(29(37)34-30(3,4)5)16-21-9-7-6-8-10-21/h6-15,26H,16-18H2,1-5H3,(H,34,37). The van der Waals surface area contributed by atoms with Gasteiger partial charge in [-0.25, -0.2) is 0 Å². The van der Waals surface area contributed by atoms with Crippen LogP contribution in [0.4, 0.5) is 0 Å². The number of rotatable bonds is 9. The van der Waals surface area contributed by atoms with Crippen LogP contribution in [0.1, 0.15) is 43.0 Å². The second-order valence-electron chi connectivity index (χ2n) is 10.4. The summed E-state index contributed by atoms with van der Waals surface area (Å²) in [6, 6.07) is 17.6. The van der Waals surface area contributed by atoms with Gasteiger partial charge in [-0.1, -0.05) is 71.2 Å². The zero-order valence-corrected chi connectivity index (χ0v) is 24.5. The molecule has 0 aliphatic heterocycles. The van der Waals surface area contributed by atoms with Gasteiger partial charge in [0.2, 0.25) is 5.91 Å². The zero-order chi connectivity index (χ0) is 28.0. The summed E-state index contributed by atoms with van der Waals surface area (Å²) >= 11 is 18.7.